The molecule has 1 amide bonds. The number of carbonyl (C=O) groups is 1. The molecule has 0 radical (unpaired) electrons. The molecule has 0 aliphatic rings. The molecule has 0 aromatic heterocycles. The van der Waals surface area contributed by atoms with Gasteiger partial charge in [0.05, 0.1) is 0 Å². The van der Waals surface area contributed by atoms with Crippen LogP contribution in [-0.4, -0.2) is 11.9 Å². The average molecular weight is 262 g/mol. The molecule has 0 spiro atoms. The van der Waals surface area contributed by atoms with E-state index in [9.17, 15) is 4.79 Å². The van der Waals surface area contributed by atoms with Gasteiger partial charge >= 0.3 is 0 Å². The Balaban J connectivity index is 3.03. The first-order valence-electron chi connectivity index (χ1n) is 7.00. The van der Waals surface area contributed by atoms with Crippen molar-refractivity contribution in [1.29, 1.82) is 0 Å². The Kier molecular flexibility index (Phi) is 5.55. The van der Waals surface area contributed by atoms with E-state index in [-0.39, 0.29) is 17.9 Å². The van der Waals surface area contributed by atoms with Crippen LogP contribution in [0.4, 0.5) is 5.69 Å². The lowest BCUT2D eigenvalue weighted by atomic mass is 9.95. The minimum Gasteiger partial charge on any atom is -0.326 e. The van der Waals surface area contributed by atoms with Crippen LogP contribution in [0.3, 0.4) is 0 Å². The van der Waals surface area contributed by atoms with E-state index in [0.29, 0.717) is 12.5 Å². The van der Waals surface area contributed by atoms with Gasteiger partial charge in [-0.3, -0.25) is 4.79 Å². The minimum absolute atomic E-state index is 0.0246. The van der Waals surface area contributed by atoms with Crippen molar-refractivity contribution in [2.24, 2.45) is 17.6 Å². The van der Waals surface area contributed by atoms with Gasteiger partial charge in [-0.05, 0) is 37.5 Å². The van der Waals surface area contributed by atoms with Gasteiger partial charge < -0.3 is 10.6 Å². The zero-order chi connectivity index (χ0) is 14.6. The largest absolute Gasteiger partial charge is 0.326 e. The van der Waals surface area contributed by atoms with Gasteiger partial charge in [0.25, 0.3) is 0 Å². The third-order valence-electron chi connectivity index (χ3n) is 3.59. The van der Waals surface area contributed by atoms with Gasteiger partial charge in [0, 0.05) is 24.2 Å². The molecule has 1 atom stereocenters. The normalized spacial score (nSPS) is 12.8. The molecule has 1 aromatic rings. The quantitative estimate of drug-likeness (QED) is 0.886. The van der Waals surface area contributed by atoms with Crippen molar-refractivity contribution in [3.63, 3.8) is 0 Å². The van der Waals surface area contributed by atoms with Crippen LogP contribution in [0.15, 0.2) is 24.3 Å². The van der Waals surface area contributed by atoms with Crippen molar-refractivity contribution >= 4 is 11.6 Å². The molecule has 1 rings (SSSR count). The van der Waals surface area contributed by atoms with E-state index in [2.05, 4.69) is 13.8 Å². The molecule has 0 aliphatic carbocycles. The Labute approximate surface area is 116 Å². The number of amides is 1. The molecule has 1 aromatic carbocycles. The fourth-order valence-corrected chi connectivity index (χ4v) is 1.98. The predicted octanol–water partition coefficient (Wildman–Crippen LogP) is 3.18. The Morgan fingerprint density at radius 1 is 1.11 bits per heavy atom. The second kappa shape index (κ2) is 6.71. The number of carbonyl (C=O) groups excluding carboxylic acids is 1. The monoisotopic (exact) mass is 262 g/mol. The van der Waals surface area contributed by atoms with E-state index >= 15 is 0 Å². The third kappa shape index (κ3) is 3.80. The maximum atomic E-state index is 12.6. The molecule has 0 heterocycles. The summed E-state index contributed by atoms with van der Waals surface area (Å²) in [4.78, 5) is 14.5. The summed E-state index contributed by atoms with van der Waals surface area (Å²) in [6, 6.07) is 8.08. The lowest BCUT2D eigenvalue weighted by molar-refractivity contribution is -0.123. The summed E-state index contributed by atoms with van der Waals surface area (Å²) in [5.74, 6) is 0.555. The van der Waals surface area contributed by atoms with Crippen molar-refractivity contribution in [3.05, 3.63) is 29.8 Å². The topological polar surface area (TPSA) is 46.3 Å². The third-order valence-corrected chi connectivity index (χ3v) is 3.59. The van der Waals surface area contributed by atoms with Crippen LogP contribution >= 0.6 is 0 Å². The number of rotatable bonds is 5. The summed E-state index contributed by atoms with van der Waals surface area (Å²) in [7, 11) is 0. The second-order valence-corrected chi connectivity index (χ2v) is 5.71. The zero-order valence-corrected chi connectivity index (χ0v) is 12.7. The molecule has 106 valence electrons. The van der Waals surface area contributed by atoms with Crippen molar-refractivity contribution in [2.75, 3.05) is 4.90 Å². The number of hydrogen-bond acceptors (Lipinski definition) is 2. The predicted molar refractivity (Wildman–Crippen MR) is 81.0 cm³/mol. The molecule has 0 fully saturated rings. The molecule has 19 heavy (non-hydrogen) atoms. The van der Waals surface area contributed by atoms with Gasteiger partial charge in [-0.25, -0.2) is 0 Å². The first kappa shape index (κ1) is 15.7. The van der Waals surface area contributed by atoms with E-state index < -0.39 is 0 Å². The number of benzene rings is 1. The standard InChI is InChI=1S/C16H26N2O/c1-11(2)13(5)16(19)18(12(3)4)15-8-6-14(10-17)7-9-15/h6-9,11-13H,10,17H2,1-5H3. The van der Waals surface area contributed by atoms with Gasteiger partial charge in [-0.2, -0.15) is 0 Å². The Bertz CT molecular complexity index is 409. The SMILES string of the molecule is CC(C)C(C)C(=O)N(c1ccc(CN)cc1)C(C)C. The molecular weight excluding hydrogens is 236 g/mol. The maximum Gasteiger partial charge on any atom is 0.230 e. The molecule has 3 nitrogen and oxygen atoms in total. The number of nitrogens with zero attached hydrogens (tertiary/aromatic N) is 1. The van der Waals surface area contributed by atoms with E-state index in [1.165, 1.54) is 0 Å². The number of hydrogen-bond donors (Lipinski definition) is 1. The van der Waals surface area contributed by atoms with Crippen LogP contribution < -0.4 is 10.6 Å². The highest BCUT2D eigenvalue weighted by Gasteiger charge is 2.26. The highest BCUT2D eigenvalue weighted by atomic mass is 16.2. The molecule has 0 bridgehead atoms. The Morgan fingerprint density at radius 3 is 2.00 bits per heavy atom. The molecule has 0 aliphatic heterocycles. The van der Waals surface area contributed by atoms with E-state index in [4.69, 9.17) is 5.73 Å². The minimum atomic E-state index is 0.0246. The summed E-state index contributed by atoms with van der Waals surface area (Å²) in [6.07, 6.45) is 0. The zero-order valence-electron chi connectivity index (χ0n) is 12.7. The van der Waals surface area contributed by atoms with Gasteiger partial charge in [0.1, 0.15) is 0 Å². The number of anilines is 1. The van der Waals surface area contributed by atoms with Crippen molar-refractivity contribution < 1.29 is 4.79 Å². The van der Waals surface area contributed by atoms with E-state index in [1.54, 1.807) is 0 Å². The highest BCUT2D eigenvalue weighted by Crippen LogP contribution is 2.23. The molecule has 0 saturated heterocycles. The highest BCUT2D eigenvalue weighted by molar-refractivity contribution is 5.95. The smallest absolute Gasteiger partial charge is 0.230 e. The summed E-state index contributed by atoms with van der Waals surface area (Å²) < 4.78 is 0. The van der Waals surface area contributed by atoms with Gasteiger partial charge in [0.2, 0.25) is 5.91 Å². The van der Waals surface area contributed by atoms with Crippen LogP contribution in [0.25, 0.3) is 0 Å². The van der Waals surface area contributed by atoms with Crippen LogP contribution in [-0.2, 0) is 11.3 Å². The van der Waals surface area contributed by atoms with Crippen LogP contribution in [0.1, 0.15) is 40.2 Å². The van der Waals surface area contributed by atoms with Crippen LogP contribution in [0, 0.1) is 11.8 Å². The summed E-state index contributed by atoms with van der Waals surface area (Å²) >= 11 is 0. The first-order chi connectivity index (χ1) is 8.88. The van der Waals surface area contributed by atoms with E-state index in [0.717, 1.165) is 11.3 Å². The van der Waals surface area contributed by atoms with Gasteiger partial charge in [-0.15, -0.1) is 0 Å². The number of nitrogens with two attached hydrogens (primary N) is 1. The molecule has 2 N–H and O–H groups in total. The van der Waals surface area contributed by atoms with E-state index in [1.807, 2.05) is 49.9 Å². The van der Waals surface area contributed by atoms with Crippen LogP contribution in [0.2, 0.25) is 0 Å². The van der Waals surface area contributed by atoms with Crippen molar-refractivity contribution in [2.45, 2.75) is 47.2 Å². The second-order valence-electron chi connectivity index (χ2n) is 5.71. The van der Waals surface area contributed by atoms with Crippen molar-refractivity contribution in [3.8, 4) is 0 Å². The molecular formula is C16H26N2O. The van der Waals surface area contributed by atoms with Gasteiger partial charge in [-0.1, -0.05) is 32.9 Å². The first-order valence-corrected chi connectivity index (χ1v) is 7.00. The summed E-state index contributed by atoms with van der Waals surface area (Å²) in [5.41, 5.74) is 7.63. The Hall–Kier alpha value is -1.35. The molecule has 1 unspecified atom stereocenters. The van der Waals surface area contributed by atoms with Crippen molar-refractivity contribution in [1.82, 2.24) is 0 Å². The fraction of sp³-hybridized carbons (Fsp3) is 0.562. The Morgan fingerprint density at radius 2 is 1.63 bits per heavy atom. The lowest BCUT2D eigenvalue weighted by Crippen LogP contribution is -2.41. The molecule has 3 heteroatoms. The summed E-state index contributed by atoms with van der Waals surface area (Å²) in [5, 5.41) is 0. The summed E-state index contributed by atoms with van der Waals surface area (Å²) in [6.45, 7) is 10.8. The van der Waals surface area contributed by atoms with Gasteiger partial charge in [0.15, 0.2) is 0 Å². The average Bonchev–Trinajstić information content (AvgIpc) is 2.38. The molecule has 0 saturated carbocycles. The fourth-order valence-electron chi connectivity index (χ4n) is 1.98. The lowest BCUT2D eigenvalue weighted by Gasteiger charge is -2.31. The van der Waals surface area contributed by atoms with Crippen LogP contribution in [0.5, 0.6) is 0 Å². The maximum absolute atomic E-state index is 12.6.